The Kier molecular flexibility index (Phi) is 9.23. The second kappa shape index (κ2) is 12.9. The highest BCUT2D eigenvalue weighted by Gasteiger charge is 2.52. The Morgan fingerprint density at radius 3 is 1.26 bits per heavy atom. The third kappa shape index (κ3) is 5.23. The fourth-order valence-electron chi connectivity index (χ4n) is 8.77. The maximum absolute atomic E-state index is 6.65. The lowest BCUT2D eigenvalue weighted by atomic mass is 9.66. The Bertz CT molecular complexity index is 1680. The molecule has 2 heteroatoms. The van der Waals surface area contributed by atoms with Gasteiger partial charge in [-0.3, -0.25) is 0 Å². The van der Waals surface area contributed by atoms with Crippen LogP contribution < -0.4 is 10.9 Å². The highest BCUT2D eigenvalue weighted by Crippen LogP contribution is 2.63. The molecule has 0 aliphatic heterocycles. The molecule has 2 unspecified atom stereocenters. The molecule has 0 heterocycles. The summed E-state index contributed by atoms with van der Waals surface area (Å²) in [5, 5.41) is 0. The van der Waals surface area contributed by atoms with Crippen LogP contribution in [-0.4, -0.2) is 15.7 Å². The Labute approximate surface area is 282 Å². The van der Waals surface area contributed by atoms with E-state index in [9.17, 15) is 0 Å². The minimum absolute atomic E-state index is 0.125. The molecule has 0 fully saturated rings. The summed E-state index contributed by atoms with van der Waals surface area (Å²) >= 11 is 0. The van der Waals surface area contributed by atoms with E-state index in [1.807, 2.05) is 0 Å². The van der Waals surface area contributed by atoms with Crippen LogP contribution in [0.3, 0.4) is 0 Å². The second-order valence-electron chi connectivity index (χ2n) is 15.0. The van der Waals surface area contributed by atoms with E-state index >= 15 is 0 Å². The topological polar surface area (TPSA) is 0 Å². The maximum Gasteiger partial charge on any atom is 0.113 e. The lowest BCUT2D eigenvalue weighted by Crippen LogP contribution is -2.30. The summed E-state index contributed by atoms with van der Waals surface area (Å²) in [6.07, 6.45) is 13.6. The summed E-state index contributed by atoms with van der Waals surface area (Å²) < 4.78 is 0. The summed E-state index contributed by atoms with van der Waals surface area (Å²) in [6, 6.07) is 28.0. The molecule has 4 radical (unpaired) electrons. The molecule has 0 saturated heterocycles. The Morgan fingerprint density at radius 1 is 0.478 bits per heavy atom. The summed E-state index contributed by atoms with van der Waals surface area (Å²) in [5.41, 5.74) is 15.0. The first-order chi connectivity index (χ1) is 22.2. The normalized spacial score (nSPS) is 16.4. The molecular weight excluding hydrogens is 550 g/mol. The summed E-state index contributed by atoms with van der Waals surface area (Å²) in [7, 11) is 13.3. The number of hydrogen-bond donors (Lipinski definition) is 0. The molecule has 4 aromatic carbocycles. The number of fused-ring (bicyclic) bond motifs is 10. The van der Waals surface area contributed by atoms with Gasteiger partial charge in [0.15, 0.2) is 0 Å². The van der Waals surface area contributed by atoms with E-state index in [0.29, 0.717) is 0 Å². The minimum atomic E-state index is -0.457. The molecule has 6 rings (SSSR count). The third-order valence-electron chi connectivity index (χ3n) is 12.2. The van der Waals surface area contributed by atoms with Gasteiger partial charge in [-0.25, -0.2) is 0 Å². The van der Waals surface area contributed by atoms with Crippen LogP contribution in [0.25, 0.3) is 22.3 Å². The van der Waals surface area contributed by atoms with Gasteiger partial charge in [-0.15, -0.1) is 0 Å². The van der Waals surface area contributed by atoms with E-state index in [-0.39, 0.29) is 10.8 Å². The third-order valence-corrected chi connectivity index (χ3v) is 12.2. The average molecular weight is 603 g/mol. The molecule has 0 nitrogen and oxygen atoms in total. The van der Waals surface area contributed by atoms with Crippen LogP contribution in [0.5, 0.6) is 0 Å². The molecule has 4 aromatic rings. The second-order valence-corrected chi connectivity index (χ2v) is 15.0. The van der Waals surface area contributed by atoms with Crippen LogP contribution in [-0.2, 0) is 16.2 Å². The first kappa shape index (κ1) is 32.9. The van der Waals surface area contributed by atoms with E-state index in [1.165, 1.54) is 113 Å². The van der Waals surface area contributed by atoms with Crippen molar-refractivity contribution in [3.05, 3.63) is 106 Å². The fourth-order valence-corrected chi connectivity index (χ4v) is 8.77. The molecule has 2 atom stereocenters. The zero-order valence-corrected chi connectivity index (χ0v) is 29.4. The molecular formula is C44H52B2. The SMILES string of the molecule is [B]c1ccc2c(c1)C1(c3cc([B])ccc3-2)c2cc(C(C)(CC)CCCCC)ccc2-c2ccc(C(C)(CC)CCCCCC)cc21. The van der Waals surface area contributed by atoms with E-state index in [1.54, 1.807) is 0 Å². The van der Waals surface area contributed by atoms with Gasteiger partial charge in [0.25, 0.3) is 0 Å². The van der Waals surface area contributed by atoms with Crippen LogP contribution in [0.1, 0.15) is 146 Å². The van der Waals surface area contributed by atoms with Crippen molar-refractivity contribution in [1.29, 1.82) is 0 Å². The van der Waals surface area contributed by atoms with Gasteiger partial charge >= 0.3 is 0 Å². The van der Waals surface area contributed by atoms with Gasteiger partial charge < -0.3 is 0 Å². The molecule has 234 valence electrons. The standard InChI is InChI=1S/C44H52B2/c1-7-11-13-15-25-43(6,10-4)31-17-21-35-34-20-16-30(42(5,9-3)24-14-12-8-2)26-38(34)44(39(35)27-31)40-28-32(45)18-22-36(40)37-23-19-33(46)29-41(37)44/h16-23,26-29H,7-15,24-25H2,1-6H3. The van der Waals surface area contributed by atoms with Crippen LogP contribution >= 0.6 is 0 Å². The Morgan fingerprint density at radius 2 is 0.848 bits per heavy atom. The monoisotopic (exact) mass is 602 g/mol. The lowest BCUT2D eigenvalue weighted by molar-refractivity contribution is 0.395. The summed E-state index contributed by atoms with van der Waals surface area (Å²) in [4.78, 5) is 0. The summed E-state index contributed by atoms with van der Waals surface area (Å²) in [6.45, 7) is 14.3. The van der Waals surface area contributed by atoms with Crippen molar-refractivity contribution >= 4 is 26.6 Å². The Hall–Kier alpha value is -2.99. The van der Waals surface area contributed by atoms with Gasteiger partial charge in [0.2, 0.25) is 0 Å². The van der Waals surface area contributed by atoms with Crippen molar-refractivity contribution in [2.45, 2.75) is 128 Å². The largest absolute Gasteiger partial charge is 0.113 e. The van der Waals surface area contributed by atoms with E-state index in [0.717, 1.165) is 23.8 Å². The van der Waals surface area contributed by atoms with Gasteiger partial charge in [0.1, 0.15) is 15.7 Å². The van der Waals surface area contributed by atoms with Crippen molar-refractivity contribution in [3.63, 3.8) is 0 Å². The molecule has 2 aliphatic carbocycles. The van der Waals surface area contributed by atoms with Gasteiger partial charge in [0, 0.05) is 0 Å². The molecule has 0 amide bonds. The van der Waals surface area contributed by atoms with Crippen LogP contribution in [0.2, 0.25) is 0 Å². The van der Waals surface area contributed by atoms with Crippen molar-refractivity contribution in [1.82, 2.24) is 0 Å². The van der Waals surface area contributed by atoms with E-state index in [2.05, 4.69) is 114 Å². The molecule has 0 saturated carbocycles. The maximum atomic E-state index is 6.65. The van der Waals surface area contributed by atoms with E-state index in [4.69, 9.17) is 15.7 Å². The molecule has 0 N–H and O–H groups in total. The molecule has 0 bridgehead atoms. The number of rotatable bonds is 13. The predicted octanol–water partition coefficient (Wildman–Crippen LogP) is 10.5. The van der Waals surface area contributed by atoms with Crippen LogP contribution in [0.15, 0.2) is 72.8 Å². The number of hydrogen-bond acceptors (Lipinski definition) is 0. The Balaban J connectivity index is 1.63. The molecule has 46 heavy (non-hydrogen) atoms. The summed E-state index contributed by atoms with van der Waals surface area (Å²) in [5.74, 6) is 0. The molecule has 0 aromatic heterocycles. The highest BCUT2D eigenvalue weighted by molar-refractivity contribution is 6.33. The minimum Gasteiger partial charge on any atom is -0.0963 e. The predicted molar refractivity (Wildman–Crippen MR) is 202 cm³/mol. The highest BCUT2D eigenvalue weighted by atomic mass is 14.5. The van der Waals surface area contributed by atoms with E-state index < -0.39 is 5.41 Å². The number of benzene rings is 4. The van der Waals surface area contributed by atoms with Crippen molar-refractivity contribution in [2.24, 2.45) is 0 Å². The average Bonchev–Trinajstić information content (AvgIpc) is 3.52. The molecule has 2 aliphatic rings. The smallest absolute Gasteiger partial charge is 0.0963 e. The zero-order valence-electron chi connectivity index (χ0n) is 29.4. The fraction of sp³-hybridized carbons (Fsp3) is 0.455. The number of unbranched alkanes of at least 4 members (excludes halogenated alkanes) is 5. The van der Waals surface area contributed by atoms with Crippen molar-refractivity contribution in [3.8, 4) is 22.3 Å². The first-order valence-electron chi connectivity index (χ1n) is 18.3. The van der Waals surface area contributed by atoms with Crippen LogP contribution in [0.4, 0.5) is 0 Å². The van der Waals surface area contributed by atoms with Crippen LogP contribution in [0, 0.1) is 0 Å². The van der Waals surface area contributed by atoms with Gasteiger partial charge in [-0.05, 0) is 92.1 Å². The first-order valence-corrected chi connectivity index (χ1v) is 18.3. The van der Waals surface area contributed by atoms with Crippen molar-refractivity contribution in [2.75, 3.05) is 0 Å². The zero-order chi connectivity index (χ0) is 32.7. The lowest BCUT2D eigenvalue weighted by Gasteiger charge is -2.35. The molecule has 1 spiro atoms. The van der Waals surface area contributed by atoms with Gasteiger partial charge in [-0.2, -0.15) is 0 Å². The quantitative estimate of drug-likeness (QED) is 0.0912. The van der Waals surface area contributed by atoms with Crippen molar-refractivity contribution < 1.29 is 0 Å². The van der Waals surface area contributed by atoms with Gasteiger partial charge in [-0.1, -0.05) is 170 Å². The van der Waals surface area contributed by atoms with Gasteiger partial charge in [0.05, 0.1) is 5.41 Å².